The maximum absolute atomic E-state index is 12.3. The molecular weight excluding hydrogens is 298 g/mol. The second-order valence-electron chi connectivity index (χ2n) is 3.66. The van der Waals surface area contributed by atoms with Gasteiger partial charge in [-0.2, -0.15) is 0 Å². The minimum Gasteiger partial charge on any atom is -0.395 e. The van der Waals surface area contributed by atoms with Gasteiger partial charge in [0.25, 0.3) is 10.0 Å². The van der Waals surface area contributed by atoms with Crippen molar-refractivity contribution in [1.29, 1.82) is 0 Å². The summed E-state index contributed by atoms with van der Waals surface area (Å²) < 4.78 is 30.5. The maximum Gasteiger partial charge on any atom is 0.263 e. The van der Waals surface area contributed by atoms with Crippen LogP contribution in [0.5, 0.6) is 0 Å². The number of aliphatic hydroxyl groups is 1. The van der Waals surface area contributed by atoms with Crippen LogP contribution in [-0.4, -0.2) is 29.7 Å². The molecule has 0 bridgehead atoms. The molecule has 104 valence electrons. The number of rotatable bonds is 4. The van der Waals surface area contributed by atoms with Crippen molar-refractivity contribution in [1.82, 2.24) is 9.59 Å². The Bertz CT molecular complexity index is 731. The quantitative estimate of drug-likeness (QED) is 0.824. The molecule has 0 saturated carbocycles. The number of nitrogens with zero attached hydrogens (tertiary/aromatic N) is 2. The first-order valence-corrected chi connectivity index (χ1v) is 7.88. The van der Waals surface area contributed by atoms with E-state index in [2.05, 4.69) is 26.1 Å². The van der Waals surface area contributed by atoms with Crippen LogP contribution in [0.15, 0.2) is 35.4 Å². The van der Waals surface area contributed by atoms with Gasteiger partial charge in [-0.05, 0) is 12.1 Å². The molecule has 20 heavy (non-hydrogen) atoms. The van der Waals surface area contributed by atoms with Crippen molar-refractivity contribution in [3.63, 3.8) is 0 Å². The van der Waals surface area contributed by atoms with Crippen molar-refractivity contribution in [2.75, 3.05) is 11.3 Å². The highest BCUT2D eigenvalue weighted by Crippen LogP contribution is 2.20. The second kappa shape index (κ2) is 6.47. The lowest BCUT2D eigenvalue weighted by Crippen LogP contribution is -2.13. The Balaban J connectivity index is 2.35. The Labute approximate surface area is 120 Å². The molecule has 0 spiro atoms. The van der Waals surface area contributed by atoms with Crippen LogP contribution in [0.2, 0.25) is 0 Å². The molecule has 0 saturated heterocycles. The summed E-state index contributed by atoms with van der Waals surface area (Å²) >= 11 is 0.951. The van der Waals surface area contributed by atoms with Crippen molar-refractivity contribution < 1.29 is 13.5 Å². The molecule has 6 nitrogen and oxygen atoms in total. The third-order valence-corrected chi connectivity index (χ3v) is 4.37. The molecule has 0 unspecified atom stereocenters. The van der Waals surface area contributed by atoms with Crippen LogP contribution < -0.4 is 4.72 Å². The fourth-order valence-electron chi connectivity index (χ4n) is 1.42. The van der Waals surface area contributed by atoms with E-state index < -0.39 is 10.0 Å². The highest BCUT2D eigenvalue weighted by Gasteiger charge is 2.18. The number of anilines is 1. The lowest BCUT2D eigenvalue weighted by Gasteiger charge is -2.06. The van der Waals surface area contributed by atoms with E-state index in [1.54, 1.807) is 18.2 Å². The number of nitrogens with one attached hydrogen (secondary N) is 1. The number of aliphatic hydroxyl groups excluding tert-OH is 1. The summed E-state index contributed by atoms with van der Waals surface area (Å²) in [5.74, 6) is 5.45. The van der Waals surface area contributed by atoms with Crippen LogP contribution in [0.3, 0.4) is 0 Å². The summed E-state index contributed by atoms with van der Waals surface area (Å²) in [6.45, 7) is -0.0628. The molecule has 1 heterocycles. The lowest BCUT2D eigenvalue weighted by atomic mass is 10.2. The largest absolute Gasteiger partial charge is 0.395 e. The minimum atomic E-state index is -3.74. The molecule has 1 aromatic heterocycles. The number of sulfonamides is 1. The van der Waals surface area contributed by atoms with Crippen molar-refractivity contribution >= 4 is 26.6 Å². The average Bonchev–Trinajstić information content (AvgIpc) is 2.91. The zero-order valence-electron chi connectivity index (χ0n) is 10.3. The topological polar surface area (TPSA) is 92.2 Å². The summed E-state index contributed by atoms with van der Waals surface area (Å²) in [6.07, 6.45) is 1.63. The molecule has 2 N–H and O–H groups in total. The predicted molar refractivity (Wildman–Crippen MR) is 75.7 cm³/mol. The zero-order chi connectivity index (χ0) is 14.4. The van der Waals surface area contributed by atoms with Gasteiger partial charge in [-0.15, -0.1) is 5.10 Å². The van der Waals surface area contributed by atoms with Gasteiger partial charge >= 0.3 is 0 Å². The maximum atomic E-state index is 12.3. The molecule has 0 aliphatic carbocycles. The Hall–Kier alpha value is -1.95. The average molecular weight is 309 g/mol. The first-order valence-electron chi connectivity index (χ1n) is 5.62. The van der Waals surface area contributed by atoms with Gasteiger partial charge in [-0.3, -0.25) is 4.72 Å². The summed E-state index contributed by atoms with van der Waals surface area (Å²) in [7, 11) is -3.74. The van der Waals surface area contributed by atoms with E-state index in [1.807, 2.05) is 0 Å². The first-order chi connectivity index (χ1) is 9.63. The summed E-state index contributed by atoms with van der Waals surface area (Å²) in [4.78, 5) is 0.0823. The third kappa shape index (κ3) is 3.54. The van der Waals surface area contributed by atoms with E-state index in [0.717, 1.165) is 11.5 Å². The van der Waals surface area contributed by atoms with Gasteiger partial charge < -0.3 is 5.11 Å². The van der Waals surface area contributed by atoms with Crippen molar-refractivity contribution in [2.24, 2.45) is 0 Å². The van der Waals surface area contributed by atoms with Gasteiger partial charge in [0.1, 0.15) is 9.90 Å². The van der Waals surface area contributed by atoms with Gasteiger partial charge in [-0.1, -0.05) is 28.5 Å². The van der Waals surface area contributed by atoms with Crippen LogP contribution in [0, 0.1) is 11.8 Å². The van der Waals surface area contributed by atoms with E-state index in [1.165, 1.54) is 12.3 Å². The molecule has 0 fully saturated rings. The Morgan fingerprint density at radius 1 is 1.35 bits per heavy atom. The smallest absolute Gasteiger partial charge is 0.263 e. The molecule has 0 aliphatic heterocycles. The molecule has 1 aromatic carbocycles. The predicted octanol–water partition coefficient (Wildman–Crippen LogP) is 1.07. The molecule has 0 amide bonds. The normalized spacial score (nSPS) is 10.7. The minimum absolute atomic E-state index is 0.0628. The third-order valence-electron chi connectivity index (χ3n) is 2.23. The highest BCUT2D eigenvalue weighted by molar-refractivity contribution is 7.93. The van der Waals surface area contributed by atoms with E-state index in [0.29, 0.717) is 17.0 Å². The van der Waals surface area contributed by atoms with Crippen molar-refractivity contribution in [2.45, 2.75) is 11.3 Å². The fourth-order valence-corrected chi connectivity index (χ4v) is 3.27. The summed E-state index contributed by atoms with van der Waals surface area (Å²) in [5, 5.41) is 12.6. The summed E-state index contributed by atoms with van der Waals surface area (Å²) in [5.41, 5.74) is 0.380. The zero-order valence-corrected chi connectivity index (χ0v) is 11.9. The van der Waals surface area contributed by atoms with Gasteiger partial charge in [-0.25, -0.2) is 8.42 Å². The Morgan fingerprint density at radius 2 is 2.15 bits per heavy atom. The highest BCUT2D eigenvalue weighted by atomic mass is 32.2. The number of hydrogen-bond acceptors (Lipinski definition) is 6. The summed E-state index contributed by atoms with van der Waals surface area (Å²) in [6, 6.07) is 6.41. The van der Waals surface area contributed by atoms with Gasteiger partial charge in [0.15, 0.2) is 0 Å². The van der Waals surface area contributed by atoms with E-state index >= 15 is 0 Å². The standard InChI is InChI=1S/C12H11N3O3S2/c16-8-4-3-6-10-5-1-2-7-11(10)20(17,18)14-12-9-13-15-19-12/h1-2,5,7,9,14,16H,4,8H2. The molecular formula is C12H11N3O3S2. The lowest BCUT2D eigenvalue weighted by molar-refractivity contribution is 0.305. The monoisotopic (exact) mass is 309 g/mol. The van der Waals surface area contributed by atoms with E-state index in [-0.39, 0.29) is 11.5 Å². The molecule has 0 atom stereocenters. The molecule has 0 radical (unpaired) electrons. The van der Waals surface area contributed by atoms with Gasteiger partial charge in [0, 0.05) is 23.5 Å². The van der Waals surface area contributed by atoms with Crippen LogP contribution in [0.25, 0.3) is 0 Å². The number of hydrogen-bond donors (Lipinski definition) is 2. The number of benzene rings is 1. The van der Waals surface area contributed by atoms with Crippen LogP contribution in [0.1, 0.15) is 12.0 Å². The molecule has 2 rings (SSSR count). The van der Waals surface area contributed by atoms with E-state index in [4.69, 9.17) is 5.11 Å². The SMILES string of the molecule is O=S(=O)(Nc1cnns1)c1ccccc1C#CCCO. The van der Waals surface area contributed by atoms with Crippen molar-refractivity contribution in [3.05, 3.63) is 36.0 Å². The van der Waals surface area contributed by atoms with Crippen LogP contribution in [-0.2, 0) is 10.0 Å². The molecule has 8 heteroatoms. The second-order valence-corrected chi connectivity index (χ2v) is 6.10. The van der Waals surface area contributed by atoms with Gasteiger partial charge in [0.2, 0.25) is 0 Å². The Morgan fingerprint density at radius 3 is 2.85 bits per heavy atom. The van der Waals surface area contributed by atoms with E-state index in [9.17, 15) is 8.42 Å². The van der Waals surface area contributed by atoms with Crippen molar-refractivity contribution in [3.8, 4) is 11.8 Å². The fraction of sp³-hybridized carbons (Fsp3) is 0.167. The molecule has 0 aliphatic rings. The van der Waals surface area contributed by atoms with Crippen LogP contribution in [0.4, 0.5) is 5.00 Å². The van der Waals surface area contributed by atoms with Crippen LogP contribution >= 0.6 is 11.5 Å². The first kappa shape index (κ1) is 14.5. The van der Waals surface area contributed by atoms with Gasteiger partial charge in [0.05, 0.1) is 12.8 Å². The molecule has 2 aromatic rings. The Kier molecular flexibility index (Phi) is 4.68. The number of aromatic nitrogens is 2.